The Morgan fingerprint density at radius 2 is 1.81 bits per heavy atom. The number of anilines is 2. The fourth-order valence-corrected chi connectivity index (χ4v) is 1.91. The number of rotatable bonds is 4. The second-order valence-corrected chi connectivity index (χ2v) is 5.86. The predicted octanol–water partition coefficient (Wildman–Crippen LogP) is 3.58. The van der Waals surface area contributed by atoms with E-state index in [0.717, 1.165) is 12.3 Å². The molecule has 0 spiro atoms. The molecule has 0 unspecified atom stereocenters. The minimum absolute atomic E-state index is 0.121. The second-order valence-electron chi connectivity index (χ2n) is 5.86. The van der Waals surface area contributed by atoms with E-state index in [-0.39, 0.29) is 11.4 Å². The van der Waals surface area contributed by atoms with Crippen LogP contribution in [0.25, 0.3) is 0 Å². The third-order valence-electron chi connectivity index (χ3n) is 3.02. The molecule has 0 saturated carbocycles. The molecule has 5 heteroatoms. The lowest BCUT2D eigenvalue weighted by molar-refractivity contribution is 0.462. The number of nitrogens with two attached hydrogens (primary N) is 1. The van der Waals surface area contributed by atoms with Crippen LogP contribution in [0.1, 0.15) is 33.3 Å². The van der Waals surface area contributed by atoms with Crippen molar-refractivity contribution in [2.75, 3.05) is 17.6 Å². The monoisotopic (exact) mass is 286 g/mol. The Hall–Kier alpha value is -2.30. The fraction of sp³-hybridized carbons (Fsp3) is 0.375. The molecular weight excluding hydrogens is 264 g/mol. The molecule has 21 heavy (non-hydrogen) atoms. The Bertz CT molecular complexity index is 603. The van der Waals surface area contributed by atoms with Gasteiger partial charge < -0.3 is 15.8 Å². The maximum absolute atomic E-state index is 5.74. The first-order valence-electron chi connectivity index (χ1n) is 7.05. The van der Waals surface area contributed by atoms with Crippen LogP contribution in [0.4, 0.5) is 11.8 Å². The highest BCUT2D eigenvalue weighted by atomic mass is 16.5. The van der Waals surface area contributed by atoms with Gasteiger partial charge >= 0.3 is 0 Å². The molecule has 3 N–H and O–H groups in total. The summed E-state index contributed by atoms with van der Waals surface area (Å²) < 4.78 is 5.74. The molecule has 2 aromatic rings. The van der Waals surface area contributed by atoms with Crippen LogP contribution < -0.4 is 15.8 Å². The number of hydrogen-bond donors (Lipinski definition) is 2. The first kappa shape index (κ1) is 15.1. The number of nitrogen functional groups attached to an aromatic ring is 1. The highest BCUT2D eigenvalue weighted by molar-refractivity contribution is 5.44. The summed E-state index contributed by atoms with van der Waals surface area (Å²) in [6, 6.07) is 9.73. The van der Waals surface area contributed by atoms with Gasteiger partial charge in [-0.15, -0.1) is 0 Å². The molecule has 0 radical (unpaired) electrons. The summed E-state index contributed by atoms with van der Waals surface area (Å²) in [5.41, 5.74) is 7.06. The fourth-order valence-electron chi connectivity index (χ4n) is 1.91. The van der Waals surface area contributed by atoms with Gasteiger partial charge in [0.2, 0.25) is 11.8 Å². The van der Waals surface area contributed by atoms with Gasteiger partial charge in [0.15, 0.2) is 0 Å². The molecule has 1 heterocycles. The maximum atomic E-state index is 5.74. The van der Waals surface area contributed by atoms with Crippen molar-refractivity contribution in [1.82, 2.24) is 9.97 Å². The van der Waals surface area contributed by atoms with E-state index < -0.39 is 0 Å². The Labute approximate surface area is 125 Å². The smallest absolute Gasteiger partial charge is 0.226 e. The normalized spacial score (nSPS) is 11.2. The molecule has 0 fully saturated rings. The van der Waals surface area contributed by atoms with Crippen molar-refractivity contribution in [3.8, 4) is 11.6 Å². The minimum Gasteiger partial charge on any atom is -0.439 e. The van der Waals surface area contributed by atoms with Crippen molar-refractivity contribution in [3.63, 3.8) is 0 Å². The lowest BCUT2D eigenvalue weighted by Gasteiger charge is -2.19. The van der Waals surface area contributed by atoms with Crippen molar-refractivity contribution in [1.29, 1.82) is 0 Å². The van der Waals surface area contributed by atoms with Crippen LogP contribution in [0, 0.1) is 0 Å². The number of nitrogens with one attached hydrogen (secondary N) is 1. The van der Waals surface area contributed by atoms with E-state index in [4.69, 9.17) is 10.5 Å². The van der Waals surface area contributed by atoms with E-state index in [1.165, 1.54) is 5.56 Å². The van der Waals surface area contributed by atoms with Crippen LogP contribution in [-0.2, 0) is 5.41 Å². The Morgan fingerprint density at radius 3 is 2.38 bits per heavy atom. The number of aromatic nitrogens is 2. The van der Waals surface area contributed by atoms with Crippen molar-refractivity contribution in [2.24, 2.45) is 0 Å². The molecule has 1 aromatic heterocycles. The molecule has 112 valence electrons. The highest BCUT2D eigenvalue weighted by Crippen LogP contribution is 2.27. The van der Waals surface area contributed by atoms with E-state index in [0.29, 0.717) is 11.7 Å². The van der Waals surface area contributed by atoms with Crippen LogP contribution in [-0.4, -0.2) is 16.5 Å². The van der Waals surface area contributed by atoms with Crippen LogP contribution in [0.15, 0.2) is 30.3 Å². The lowest BCUT2D eigenvalue weighted by atomic mass is 9.87. The SMILES string of the molecule is CCNc1cc(Oc2ccc(C(C)(C)C)cc2)nc(N)n1. The summed E-state index contributed by atoms with van der Waals surface area (Å²) in [4.78, 5) is 8.17. The highest BCUT2D eigenvalue weighted by Gasteiger charge is 2.13. The first-order valence-corrected chi connectivity index (χ1v) is 7.05. The standard InChI is InChI=1S/C16H22N4O/c1-5-18-13-10-14(20-15(17)19-13)21-12-8-6-11(7-9-12)16(2,3)4/h6-10H,5H2,1-4H3,(H3,17,18,19,20). The Balaban J connectivity index is 2.18. The van der Waals surface area contributed by atoms with Gasteiger partial charge in [-0.05, 0) is 30.0 Å². The van der Waals surface area contributed by atoms with Gasteiger partial charge in [0, 0.05) is 12.6 Å². The first-order chi connectivity index (χ1) is 9.88. The quantitative estimate of drug-likeness (QED) is 0.898. The molecule has 0 amide bonds. The van der Waals surface area contributed by atoms with Crippen LogP contribution in [0.3, 0.4) is 0 Å². The number of benzene rings is 1. The molecule has 5 nitrogen and oxygen atoms in total. The average molecular weight is 286 g/mol. The molecule has 0 bridgehead atoms. The average Bonchev–Trinajstić information content (AvgIpc) is 2.38. The molecule has 1 aromatic carbocycles. The summed E-state index contributed by atoms with van der Waals surface area (Å²) in [7, 11) is 0. The van der Waals surface area contributed by atoms with Gasteiger partial charge in [-0.25, -0.2) is 0 Å². The summed E-state index contributed by atoms with van der Waals surface area (Å²) >= 11 is 0. The minimum atomic E-state index is 0.121. The molecule has 0 aliphatic carbocycles. The molecular formula is C16H22N4O. The van der Waals surface area contributed by atoms with Gasteiger partial charge in [-0.2, -0.15) is 9.97 Å². The molecule has 0 aliphatic heterocycles. The van der Waals surface area contributed by atoms with Gasteiger partial charge in [0.05, 0.1) is 0 Å². The molecule has 0 aliphatic rings. The third-order valence-corrected chi connectivity index (χ3v) is 3.02. The van der Waals surface area contributed by atoms with E-state index in [1.807, 2.05) is 19.1 Å². The number of ether oxygens (including phenoxy) is 1. The predicted molar refractivity (Wildman–Crippen MR) is 85.8 cm³/mol. The van der Waals surface area contributed by atoms with Crippen LogP contribution in [0.2, 0.25) is 0 Å². The zero-order chi connectivity index (χ0) is 15.5. The second kappa shape index (κ2) is 5.99. The van der Waals surface area contributed by atoms with Crippen molar-refractivity contribution >= 4 is 11.8 Å². The van der Waals surface area contributed by atoms with Crippen LogP contribution in [0.5, 0.6) is 11.6 Å². The summed E-state index contributed by atoms with van der Waals surface area (Å²) in [5, 5.41) is 3.09. The summed E-state index contributed by atoms with van der Waals surface area (Å²) in [6.45, 7) is 9.28. The lowest BCUT2D eigenvalue weighted by Crippen LogP contribution is -2.10. The maximum Gasteiger partial charge on any atom is 0.226 e. The van der Waals surface area contributed by atoms with Crippen molar-refractivity contribution in [3.05, 3.63) is 35.9 Å². The molecule has 0 saturated heterocycles. The Kier molecular flexibility index (Phi) is 4.31. The van der Waals surface area contributed by atoms with E-state index in [9.17, 15) is 0 Å². The van der Waals surface area contributed by atoms with Crippen molar-refractivity contribution < 1.29 is 4.74 Å². The van der Waals surface area contributed by atoms with E-state index in [2.05, 4.69) is 48.2 Å². The molecule has 2 rings (SSSR count). The summed E-state index contributed by atoms with van der Waals surface area (Å²) in [6.07, 6.45) is 0. The van der Waals surface area contributed by atoms with E-state index in [1.54, 1.807) is 6.07 Å². The zero-order valence-electron chi connectivity index (χ0n) is 13.0. The topological polar surface area (TPSA) is 73.1 Å². The number of hydrogen-bond acceptors (Lipinski definition) is 5. The van der Waals surface area contributed by atoms with Crippen LogP contribution >= 0.6 is 0 Å². The summed E-state index contributed by atoms with van der Waals surface area (Å²) in [5.74, 6) is 2.01. The van der Waals surface area contributed by atoms with Gasteiger partial charge in [0.25, 0.3) is 0 Å². The van der Waals surface area contributed by atoms with Gasteiger partial charge in [-0.1, -0.05) is 32.9 Å². The molecule has 0 atom stereocenters. The largest absolute Gasteiger partial charge is 0.439 e. The zero-order valence-corrected chi connectivity index (χ0v) is 13.0. The van der Waals surface area contributed by atoms with E-state index >= 15 is 0 Å². The third kappa shape index (κ3) is 4.08. The van der Waals surface area contributed by atoms with Gasteiger partial charge in [-0.3, -0.25) is 0 Å². The Morgan fingerprint density at radius 1 is 1.14 bits per heavy atom. The number of nitrogens with zero attached hydrogens (tertiary/aromatic N) is 2. The van der Waals surface area contributed by atoms with Crippen molar-refractivity contribution in [2.45, 2.75) is 33.1 Å². The van der Waals surface area contributed by atoms with Gasteiger partial charge in [0.1, 0.15) is 11.6 Å².